The van der Waals surface area contributed by atoms with Gasteiger partial charge in [0.25, 0.3) is 5.69 Å². The number of ether oxygens (including phenoxy) is 2. The molecule has 246 valence electrons. The summed E-state index contributed by atoms with van der Waals surface area (Å²) >= 11 is 0. The second-order valence-corrected chi connectivity index (χ2v) is 11.7. The van der Waals surface area contributed by atoms with Crippen molar-refractivity contribution in [1.29, 1.82) is 0 Å². The van der Waals surface area contributed by atoms with Gasteiger partial charge >= 0.3 is 0 Å². The molecule has 4 rings (SSSR count). The summed E-state index contributed by atoms with van der Waals surface area (Å²) in [6, 6.07) is 11.4. The van der Waals surface area contributed by atoms with Gasteiger partial charge in [-0.1, -0.05) is 27.7 Å². The van der Waals surface area contributed by atoms with E-state index in [9.17, 15) is 10.1 Å². The van der Waals surface area contributed by atoms with Gasteiger partial charge in [0.1, 0.15) is 5.69 Å². The van der Waals surface area contributed by atoms with Gasteiger partial charge in [-0.15, -0.1) is 0 Å². The van der Waals surface area contributed by atoms with E-state index in [1.54, 1.807) is 12.1 Å². The van der Waals surface area contributed by atoms with Gasteiger partial charge in [-0.25, -0.2) is 0 Å². The molecular weight excluding hydrogens is 560 g/mol. The molecule has 44 heavy (non-hydrogen) atoms. The number of nitro benzene ring substituents is 1. The first-order chi connectivity index (χ1) is 21.0. The van der Waals surface area contributed by atoms with E-state index in [0.717, 1.165) is 70.3 Å². The van der Waals surface area contributed by atoms with E-state index in [1.165, 1.54) is 6.07 Å². The second kappa shape index (κ2) is 16.7. The maximum Gasteiger partial charge on any atom is 0.292 e. The number of rotatable bonds is 11. The first-order valence-corrected chi connectivity index (χ1v) is 15.9. The summed E-state index contributed by atoms with van der Waals surface area (Å²) in [5, 5.41) is 10.9. The summed E-state index contributed by atoms with van der Waals surface area (Å²) in [4.78, 5) is 19.8. The number of benzene rings is 2. The minimum atomic E-state index is -0.453. The van der Waals surface area contributed by atoms with Crippen molar-refractivity contribution in [2.45, 2.75) is 65.8 Å². The van der Waals surface area contributed by atoms with Crippen LogP contribution in [0.15, 0.2) is 36.4 Å². The molecule has 0 bridgehead atoms. The summed E-state index contributed by atoms with van der Waals surface area (Å²) in [7, 11) is 0. The molecular formula is C32H54N8O4. The van der Waals surface area contributed by atoms with Crippen molar-refractivity contribution in [1.82, 2.24) is 9.80 Å². The van der Waals surface area contributed by atoms with E-state index in [4.69, 9.17) is 26.7 Å². The lowest BCUT2D eigenvalue weighted by atomic mass is 10.1. The van der Waals surface area contributed by atoms with Crippen molar-refractivity contribution in [3.63, 3.8) is 0 Å². The van der Waals surface area contributed by atoms with Crippen LogP contribution in [0.4, 0.5) is 34.1 Å². The third-order valence-corrected chi connectivity index (χ3v) is 8.67. The topological polar surface area (TPSA) is 153 Å². The Balaban J connectivity index is 0.000000241. The van der Waals surface area contributed by atoms with E-state index < -0.39 is 4.92 Å². The molecule has 0 amide bonds. The number of hydrogen-bond acceptors (Lipinski definition) is 11. The minimum absolute atomic E-state index is 0.0469. The molecule has 0 radical (unpaired) electrons. The van der Waals surface area contributed by atoms with Crippen LogP contribution in [0.5, 0.6) is 0 Å². The molecule has 2 aromatic carbocycles. The Kier molecular flexibility index (Phi) is 13.3. The van der Waals surface area contributed by atoms with Gasteiger partial charge in [-0.3, -0.25) is 10.1 Å². The van der Waals surface area contributed by atoms with Crippen molar-refractivity contribution in [3.8, 4) is 0 Å². The highest BCUT2D eigenvalue weighted by molar-refractivity contribution is 5.70. The van der Waals surface area contributed by atoms with Crippen LogP contribution in [0.2, 0.25) is 0 Å². The fraction of sp³-hybridized carbons (Fsp3) is 0.625. The zero-order valence-electron chi connectivity index (χ0n) is 27.4. The van der Waals surface area contributed by atoms with E-state index in [-0.39, 0.29) is 29.6 Å². The highest BCUT2D eigenvalue weighted by Crippen LogP contribution is 2.30. The van der Waals surface area contributed by atoms with E-state index in [2.05, 4.69) is 61.1 Å². The molecule has 12 nitrogen and oxygen atoms in total. The van der Waals surface area contributed by atoms with Crippen LogP contribution in [0.1, 0.15) is 41.5 Å². The first kappa shape index (κ1) is 35.2. The smallest absolute Gasteiger partial charge is 0.292 e. The van der Waals surface area contributed by atoms with Crippen LogP contribution in [0.3, 0.4) is 0 Å². The van der Waals surface area contributed by atoms with Crippen LogP contribution in [-0.2, 0) is 9.47 Å². The van der Waals surface area contributed by atoms with Crippen molar-refractivity contribution in [2.24, 2.45) is 0 Å². The number of morpholine rings is 2. The van der Waals surface area contributed by atoms with Gasteiger partial charge in [0, 0.05) is 55.7 Å². The Morgan fingerprint density at radius 3 is 1.57 bits per heavy atom. The van der Waals surface area contributed by atoms with E-state index >= 15 is 0 Å². The molecule has 4 atom stereocenters. The lowest BCUT2D eigenvalue weighted by molar-refractivity contribution is -0.383. The summed E-state index contributed by atoms with van der Waals surface area (Å²) < 4.78 is 11.9. The van der Waals surface area contributed by atoms with Crippen LogP contribution < -0.4 is 27.0 Å². The molecule has 0 aromatic heterocycles. The molecule has 2 aliphatic heterocycles. The number of likely N-dealkylation sites (N-methyl/N-ethyl adjacent to an activating group) is 2. The molecule has 0 unspecified atom stereocenters. The second-order valence-electron chi connectivity index (χ2n) is 11.7. The Hall–Kier alpha value is -3.32. The summed E-state index contributed by atoms with van der Waals surface area (Å²) in [6.45, 7) is 21.9. The van der Waals surface area contributed by atoms with Gasteiger partial charge in [-0.05, 0) is 70.4 Å². The fourth-order valence-corrected chi connectivity index (χ4v) is 5.74. The quantitative estimate of drug-likeness (QED) is 0.192. The normalized spacial score (nSPS) is 22.2. The monoisotopic (exact) mass is 614 g/mol. The molecule has 2 saturated heterocycles. The molecule has 0 saturated carbocycles. The van der Waals surface area contributed by atoms with E-state index in [0.29, 0.717) is 24.0 Å². The average Bonchev–Trinajstić information content (AvgIpc) is 3.01. The number of nitrogen functional groups attached to an aromatic ring is 3. The minimum Gasteiger partial charge on any atom is -0.397 e. The fourth-order valence-electron chi connectivity index (χ4n) is 5.74. The molecule has 2 heterocycles. The van der Waals surface area contributed by atoms with Gasteiger partial charge in [-0.2, -0.15) is 0 Å². The standard InChI is InChI=1S/C16H26N4O3.C16H28N4O/c1-4-18(5-2)9-14-10-19(12(3)11-23-14)13-6-7-16(20(21)22)15(17)8-13;1-4-19(5-2)9-14-10-20(12(3)11-21-14)13-6-7-15(17)16(18)8-13/h6-8,12,14H,4-5,9-11,17H2,1-3H3;6-8,12,14H,4-5,9-11,17-18H2,1-3H3/t2*12-,14+/m00/s1. The maximum atomic E-state index is 10.9. The van der Waals surface area contributed by atoms with Crippen LogP contribution in [0.25, 0.3) is 0 Å². The number of anilines is 5. The Morgan fingerprint density at radius 2 is 1.18 bits per heavy atom. The predicted molar refractivity (Wildman–Crippen MR) is 181 cm³/mol. The maximum absolute atomic E-state index is 10.9. The largest absolute Gasteiger partial charge is 0.397 e. The molecule has 2 aromatic rings. The van der Waals surface area contributed by atoms with Gasteiger partial charge in [0.05, 0.1) is 41.7 Å². The zero-order valence-corrected chi connectivity index (χ0v) is 27.4. The Labute approximate surface area is 263 Å². The first-order valence-electron chi connectivity index (χ1n) is 15.9. The van der Waals surface area contributed by atoms with Crippen molar-refractivity contribution in [3.05, 3.63) is 46.5 Å². The highest BCUT2D eigenvalue weighted by Gasteiger charge is 2.29. The number of nitrogens with zero attached hydrogens (tertiary/aromatic N) is 5. The van der Waals surface area contributed by atoms with Crippen LogP contribution in [0, 0.1) is 10.1 Å². The lowest BCUT2D eigenvalue weighted by Gasteiger charge is -2.41. The average molecular weight is 615 g/mol. The summed E-state index contributed by atoms with van der Waals surface area (Å²) in [5.41, 5.74) is 21.0. The molecule has 0 spiro atoms. The third kappa shape index (κ3) is 9.34. The number of hydrogen-bond donors (Lipinski definition) is 3. The van der Waals surface area contributed by atoms with Crippen LogP contribution >= 0.6 is 0 Å². The Morgan fingerprint density at radius 1 is 0.750 bits per heavy atom. The molecule has 12 heteroatoms. The molecule has 0 aliphatic carbocycles. The molecule has 2 aliphatic rings. The lowest BCUT2D eigenvalue weighted by Crippen LogP contribution is -2.52. The van der Waals surface area contributed by atoms with Gasteiger partial charge < -0.3 is 46.3 Å². The van der Waals surface area contributed by atoms with Gasteiger partial charge in [0.15, 0.2) is 0 Å². The van der Waals surface area contributed by atoms with Crippen molar-refractivity contribution >= 4 is 34.1 Å². The Bertz CT molecular complexity index is 1190. The third-order valence-electron chi connectivity index (χ3n) is 8.67. The SMILES string of the molecule is CCN(CC)C[C@@H]1CN(c2ccc(N)c(N)c2)[C@@H](C)CO1.CCN(CC)C[C@@H]1CN(c2ccc([N+](=O)[O-])c(N)c2)[C@@H](C)CO1. The number of nitro groups is 1. The zero-order chi connectivity index (χ0) is 32.4. The molecule has 2 fully saturated rings. The molecule has 6 N–H and O–H groups in total. The highest BCUT2D eigenvalue weighted by atomic mass is 16.6. The number of nitrogens with two attached hydrogens (primary N) is 3. The van der Waals surface area contributed by atoms with Crippen molar-refractivity contribution < 1.29 is 14.4 Å². The van der Waals surface area contributed by atoms with E-state index in [1.807, 2.05) is 18.2 Å². The summed E-state index contributed by atoms with van der Waals surface area (Å²) in [6.07, 6.45) is 0.363. The van der Waals surface area contributed by atoms with Crippen LogP contribution in [-0.4, -0.2) is 105 Å². The predicted octanol–water partition coefficient (Wildman–Crippen LogP) is 3.90. The van der Waals surface area contributed by atoms with Gasteiger partial charge in [0.2, 0.25) is 0 Å². The van der Waals surface area contributed by atoms with Crippen molar-refractivity contribution in [2.75, 3.05) is 92.6 Å². The summed E-state index contributed by atoms with van der Waals surface area (Å²) in [5.74, 6) is 0.